The molecule has 2 aliphatic heterocycles. The predicted molar refractivity (Wildman–Crippen MR) is 81.6 cm³/mol. The molecule has 20 heavy (non-hydrogen) atoms. The summed E-state index contributed by atoms with van der Waals surface area (Å²) in [7, 11) is 0. The van der Waals surface area contributed by atoms with Crippen LogP contribution in [0.1, 0.15) is 51.5 Å². The van der Waals surface area contributed by atoms with Crippen LogP contribution in [0.5, 0.6) is 0 Å². The number of piperidine rings is 1. The smallest absolute Gasteiger partial charge is 0.0534 e. The minimum Gasteiger partial charge on any atom is -0.311 e. The van der Waals surface area contributed by atoms with E-state index in [1.807, 2.05) is 6.20 Å². The monoisotopic (exact) mass is 276 g/mol. The van der Waals surface area contributed by atoms with E-state index in [0.717, 1.165) is 44.2 Å². The van der Waals surface area contributed by atoms with Crippen molar-refractivity contribution in [3.63, 3.8) is 0 Å². The molecule has 3 rings (SSSR count). The van der Waals surface area contributed by atoms with Crippen LogP contribution in [0.25, 0.3) is 0 Å². The first-order valence-corrected chi connectivity index (χ1v) is 8.30. The molecule has 2 aliphatic rings. The lowest BCUT2D eigenvalue weighted by atomic mass is 9.98. The van der Waals surface area contributed by atoms with Crippen LogP contribution in [-0.4, -0.2) is 39.4 Å². The van der Waals surface area contributed by atoms with E-state index in [1.165, 1.54) is 31.2 Å². The number of nitrogens with zero attached hydrogens (tertiary/aromatic N) is 3. The number of hydrogen-bond acceptors (Lipinski definition) is 3. The van der Waals surface area contributed by atoms with Crippen molar-refractivity contribution in [1.82, 2.24) is 20.0 Å². The average molecular weight is 276 g/mol. The lowest BCUT2D eigenvalue weighted by Crippen LogP contribution is -2.47. The molecule has 1 aromatic rings. The Labute approximate surface area is 122 Å². The van der Waals surface area contributed by atoms with Gasteiger partial charge in [-0.25, -0.2) is 0 Å². The predicted octanol–water partition coefficient (Wildman–Crippen LogP) is 2.40. The van der Waals surface area contributed by atoms with E-state index in [-0.39, 0.29) is 0 Å². The van der Waals surface area contributed by atoms with Gasteiger partial charge in [0, 0.05) is 43.0 Å². The zero-order chi connectivity index (χ0) is 13.9. The van der Waals surface area contributed by atoms with Gasteiger partial charge in [0.05, 0.1) is 6.20 Å². The summed E-state index contributed by atoms with van der Waals surface area (Å²) in [6.45, 7) is 7.72. The van der Waals surface area contributed by atoms with Gasteiger partial charge in [-0.2, -0.15) is 5.10 Å². The Morgan fingerprint density at radius 1 is 1.30 bits per heavy atom. The van der Waals surface area contributed by atoms with Crippen molar-refractivity contribution in [2.24, 2.45) is 0 Å². The summed E-state index contributed by atoms with van der Waals surface area (Å²) in [5, 5.41) is 8.20. The summed E-state index contributed by atoms with van der Waals surface area (Å²) in [5.74, 6) is 0. The summed E-state index contributed by atoms with van der Waals surface area (Å²) in [4.78, 5) is 2.65. The molecule has 0 spiro atoms. The van der Waals surface area contributed by atoms with Crippen LogP contribution in [0.15, 0.2) is 12.4 Å². The first-order chi connectivity index (χ1) is 9.78. The Kier molecular flexibility index (Phi) is 4.41. The third-order valence-electron chi connectivity index (χ3n) is 4.90. The molecule has 2 unspecified atom stereocenters. The maximum Gasteiger partial charge on any atom is 0.0534 e. The summed E-state index contributed by atoms with van der Waals surface area (Å²) in [6, 6.07) is 2.31. The van der Waals surface area contributed by atoms with Crippen molar-refractivity contribution in [2.75, 3.05) is 6.54 Å². The average Bonchev–Trinajstić information content (AvgIpc) is 3.03. The Morgan fingerprint density at radius 3 is 2.70 bits per heavy atom. The Bertz CT molecular complexity index is 416. The van der Waals surface area contributed by atoms with Gasteiger partial charge in [-0.3, -0.25) is 9.58 Å². The molecule has 1 N–H and O–H groups in total. The Hall–Kier alpha value is -0.870. The van der Waals surface area contributed by atoms with Crippen LogP contribution in [0.3, 0.4) is 0 Å². The minimum absolute atomic E-state index is 0.758. The number of nitrogens with one attached hydrogen (secondary N) is 1. The van der Waals surface area contributed by atoms with Gasteiger partial charge in [0.1, 0.15) is 0 Å². The lowest BCUT2D eigenvalue weighted by Gasteiger charge is -2.37. The number of rotatable bonds is 6. The summed E-state index contributed by atoms with van der Waals surface area (Å²) < 4.78 is 2.08. The van der Waals surface area contributed by atoms with E-state index in [2.05, 4.69) is 40.0 Å². The van der Waals surface area contributed by atoms with Gasteiger partial charge < -0.3 is 5.32 Å². The SMILES string of the molecule is CCCn1cc(CN(CC)C2CC3CCC(C2)N3)cn1. The molecule has 2 atom stereocenters. The van der Waals surface area contributed by atoms with Crippen molar-refractivity contribution in [1.29, 1.82) is 0 Å². The van der Waals surface area contributed by atoms with Crippen LogP contribution in [0, 0.1) is 0 Å². The quantitative estimate of drug-likeness (QED) is 0.866. The molecule has 2 bridgehead atoms. The highest BCUT2D eigenvalue weighted by Gasteiger charge is 2.35. The largest absolute Gasteiger partial charge is 0.311 e. The summed E-state index contributed by atoms with van der Waals surface area (Å²) >= 11 is 0. The van der Waals surface area contributed by atoms with Crippen molar-refractivity contribution in [2.45, 2.75) is 77.2 Å². The molecule has 112 valence electrons. The van der Waals surface area contributed by atoms with E-state index in [9.17, 15) is 0 Å². The van der Waals surface area contributed by atoms with Gasteiger partial charge in [0.2, 0.25) is 0 Å². The van der Waals surface area contributed by atoms with Gasteiger partial charge in [0.25, 0.3) is 0 Å². The van der Waals surface area contributed by atoms with Gasteiger partial charge in [-0.15, -0.1) is 0 Å². The molecule has 0 aromatic carbocycles. The fourth-order valence-corrected chi connectivity index (χ4v) is 3.90. The third kappa shape index (κ3) is 3.07. The standard InChI is InChI=1S/C16H28N4/c1-3-7-20-12-13(10-17-20)11-19(4-2)16-8-14-5-6-15(9-16)18-14/h10,12,14-16,18H,3-9,11H2,1-2H3. The van der Waals surface area contributed by atoms with Crippen LogP contribution in [-0.2, 0) is 13.1 Å². The molecule has 0 radical (unpaired) electrons. The molecular formula is C16H28N4. The number of aryl methyl sites for hydroxylation is 1. The Balaban J connectivity index is 1.61. The van der Waals surface area contributed by atoms with Crippen molar-refractivity contribution in [3.8, 4) is 0 Å². The zero-order valence-electron chi connectivity index (χ0n) is 12.9. The highest BCUT2D eigenvalue weighted by atomic mass is 15.3. The second-order valence-corrected chi connectivity index (χ2v) is 6.44. The number of fused-ring (bicyclic) bond motifs is 2. The van der Waals surface area contributed by atoms with Crippen molar-refractivity contribution < 1.29 is 0 Å². The van der Waals surface area contributed by atoms with Crippen LogP contribution < -0.4 is 5.32 Å². The molecule has 0 aliphatic carbocycles. The number of hydrogen-bond donors (Lipinski definition) is 1. The van der Waals surface area contributed by atoms with Crippen molar-refractivity contribution in [3.05, 3.63) is 18.0 Å². The van der Waals surface area contributed by atoms with Gasteiger partial charge in [0.15, 0.2) is 0 Å². The lowest BCUT2D eigenvalue weighted by molar-refractivity contribution is 0.140. The topological polar surface area (TPSA) is 33.1 Å². The summed E-state index contributed by atoms with van der Waals surface area (Å²) in [5.41, 5.74) is 1.37. The molecule has 0 amide bonds. The molecule has 2 fully saturated rings. The molecule has 4 heteroatoms. The fraction of sp³-hybridized carbons (Fsp3) is 0.812. The van der Waals surface area contributed by atoms with Gasteiger partial charge >= 0.3 is 0 Å². The molecule has 3 heterocycles. The van der Waals surface area contributed by atoms with Crippen LogP contribution >= 0.6 is 0 Å². The molecule has 1 aromatic heterocycles. The minimum atomic E-state index is 0.758. The molecule has 0 saturated carbocycles. The second kappa shape index (κ2) is 6.27. The Morgan fingerprint density at radius 2 is 2.05 bits per heavy atom. The van der Waals surface area contributed by atoms with E-state index < -0.39 is 0 Å². The maximum atomic E-state index is 4.46. The van der Waals surface area contributed by atoms with Crippen LogP contribution in [0.2, 0.25) is 0 Å². The zero-order valence-corrected chi connectivity index (χ0v) is 12.9. The van der Waals surface area contributed by atoms with E-state index in [0.29, 0.717) is 0 Å². The van der Waals surface area contributed by atoms with E-state index >= 15 is 0 Å². The summed E-state index contributed by atoms with van der Waals surface area (Å²) in [6.07, 6.45) is 10.8. The fourth-order valence-electron chi connectivity index (χ4n) is 3.90. The molecule has 4 nitrogen and oxygen atoms in total. The van der Waals surface area contributed by atoms with Gasteiger partial charge in [-0.1, -0.05) is 13.8 Å². The second-order valence-electron chi connectivity index (χ2n) is 6.44. The van der Waals surface area contributed by atoms with E-state index in [1.54, 1.807) is 0 Å². The third-order valence-corrected chi connectivity index (χ3v) is 4.90. The van der Waals surface area contributed by atoms with Crippen molar-refractivity contribution >= 4 is 0 Å². The molecule has 2 saturated heterocycles. The highest BCUT2D eigenvalue weighted by Crippen LogP contribution is 2.30. The highest BCUT2D eigenvalue weighted by molar-refractivity contribution is 5.05. The number of aromatic nitrogens is 2. The normalized spacial score (nSPS) is 29.2. The van der Waals surface area contributed by atoms with Crippen LogP contribution in [0.4, 0.5) is 0 Å². The van der Waals surface area contributed by atoms with E-state index in [4.69, 9.17) is 0 Å². The first-order valence-electron chi connectivity index (χ1n) is 8.30. The maximum absolute atomic E-state index is 4.46. The first kappa shape index (κ1) is 14.1. The van der Waals surface area contributed by atoms with Gasteiger partial charge in [-0.05, 0) is 38.6 Å². The molecular weight excluding hydrogens is 248 g/mol.